The lowest BCUT2D eigenvalue weighted by molar-refractivity contribution is 0.0387. The van der Waals surface area contributed by atoms with E-state index in [-0.39, 0.29) is 12.1 Å². The van der Waals surface area contributed by atoms with Crippen LogP contribution in [0.2, 0.25) is 0 Å². The Morgan fingerprint density at radius 3 is 3.11 bits per heavy atom. The second-order valence-electron chi connectivity index (χ2n) is 4.52. The van der Waals surface area contributed by atoms with Crippen molar-refractivity contribution in [3.05, 3.63) is 35.4 Å². The van der Waals surface area contributed by atoms with Gasteiger partial charge >= 0.3 is 0 Å². The summed E-state index contributed by atoms with van der Waals surface area (Å²) >= 11 is 5.88. The lowest BCUT2D eigenvalue weighted by atomic mass is 9.97. The van der Waals surface area contributed by atoms with Gasteiger partial charge in [-0.25, -0.2) is 0 Å². The number of hydrogen-bond acceptors (Lipinski definition) is 3. The van der Waals surface area contributed by atoms with Crippen LogP contribution in [0.25, 0.3) is 0 Å². The molecule has 1 N–H and O–H groups in total. The zero-order chi connectivity index (χ0) is 12.8. The number of ether oxygens (including phenoxy) is 2. The van der Waals surface area contributed by atoms with Crippen molar-refractivity contribution in [3.8, 4) is 0 Å². The normalized spacial score (nSPS) is 20.4. The van der Waals surface area contributed by atoms with Crippen LogP contribution >= 0.6 is 11.6 Å². The topological polar surface area (TPSA) is 30.5 Å². The van der Waals surface area contributed by atoms with Crippen LogP contribution in [0.15, 0.2) is 24.3 Å². The van der Waals surface area contributed by atoms with Crippen LogP contribution in [0.5, 0.6) is 0 Å². The van der Waals surface area contributed by atoms with E-state index in [0.29, 0.717) is 12.5 Å². The summed E-state index contributed by atoms with van der Waals surface area (Å²) in [5.41, 5.74) is 2.69. The molecule has 0 radical (unpaired) electrons. The fourth-order valence-electron chi connectivity index (χ4n) is 2.28. The van der Waals surface area contributed by atoms with Crippen molar-refractivity contribution in [2.24, 2.45) is 0 Å². The Kier molecular flexibility index (Phi) is 5.45. The fraction of sp³-hybridized carbons (Fsp3) is 0.571. The van der Waals surface area contributed by atoms with Crippen molar-refractivity contribution in [3.63, 3.8) is 0 Å². The first kappa shape index (κ1) is 13.8. The monoisotopic (exact) mass is 269 g/mol. The van der Waals surface area contributed by atoms with E-state index >= 15 is 0 Å². The van der Waals surface area contributed by atoms with Gasteiger partial charge in [-0.1, -0.05) is 24.3 Å². The first-order valence-corrected chi connectivity index (χ1v) is 6.86. The fourth-order valence-corrected chi connectivity index (χ4v) is 2.48. The summed E-state index contributed by atoms with van der Waals surface area (Å²) in [6.45, 7) is 2.19. The number of halogens is 1. The molecule has 0 saturated carbocycles. The molecule has 3 nitrogen and oxygen atoms in total. The molecule has 0 spiro atoms. The molecule has 0 aliphatic carbocycles. The Bertz CT molecular complexity index is 373. The van der Waals surface area contributed by atoms with Gasteiger partial charge in [0.1, 0.15) is 0 Å². The molecule has 2 unspecified atom stereocenters. The Morgan fingerprint density at radius 1 is 1.50 bits per heavy atom. The zero-order valence-electron chi connectivity index (χ0n) is 10.7. The first-order chi connectivity index (χ1) is 8.85. The summed E-state index contributed by atoms with van der Waals surface area (Å²) in [4.78, 5) is 0. The predicted octanol–water partition coefficient (Wildman–Crippen LogP) is 2.14. The molecule has 0 saturated heterocycles. The van der Waals surface area contributed by atoms with Crippen molar-refractivity contribution in [1.29, 1.82) is 0 Å². The first-order valence-electron chi connectivity index (χ1n) is 6.33. The quantitative estimate of drug-likeness (QED) is 0.803. The van der Waals surface area contributed by atoms with Crippen LogP contribution < -0.4 is 5.32 Å². The average Bonchev–Trinajstić information content (AvgIpc) is 2.43. The number of methoxy groups -OCH3 is 1. The van der Waals surface area contributed by atoms with Crippen molar-refractivity contribution < 1.29 is 9.47 Å². The van der Waals surface area contributed by atoms with E-state index in [1.807, 2.05) is 0 Å². The van der Waals surface area contributed by atoms with Gasteiger partial charge in [-0.05, 0) is 17.5 Å². The molecule has 1 aromatic rings. The van der Waals surface area contributed by atoms with E-state index in [4.69, 9.17) is 21.1 Å². The van der Waals surface area contributed by atoms with Gasteiger partial charge in [-0.15, -0.1) is 11.6 Å². The Labute approximate surface area is 113 Å². The highest BCUT2D eigenvalue weighted by atomic mass is 35.5. The molecule has 0 bridgehead atoms. The molecule has 0 fully saturated rings. The molecule has 0 amide bonds. The molecule has 18 heavy (non-hydrogen) atoms. The van der Waals surface area contributed by atoms with Crippen LogP contribution in [0.1, 0.15) is 17.2 Å². The van der Waals surface area contributed by atoms with Crippen LogP contribution in [0.4, 0.5) is 0 Å². The minimum atomic E-state index is 0.123. The largest absolute Gasteiger partial charge is 0.383 e. The van der Waals surface area contributed by atoms with E-state index in [1.165, 1.54) is 11.1 Å². The predicted molar refractivity (Wildman–Crippen MR) is 73.2 cm³/mol. The third-order valence-corrected chi connectivity index (χ3v) is 3.61. The zero-order valence-corrected chi connectivity index (χ0v) is 11.5. The van der Waals surface area contributed by atoms with Crippen molar-refractivity contribution in [2.45, 2.75) is 18.6 Å². The summed E-state index contributed by atoms with van der Waals surface area (Å²) in [5.74, 6) is 0.544. The number of rotatable bonds is 6. The summed E-state index contributed by atoms with van der Waals surface area (Å²) < 4.78 is 10.9. The summed E-state index contributed by atoms with van der Waals surface area (Å²) in [5, 5.41) is 3.40. The molecule has 2 atom stereocenters. The maximum absolute atomic E-state index is 5.88. The number of hydrogen-bond donors (Lipinski definition) is 1. The molecule has 1 aromatic carbocycles. The molecule has 100 valence electrons. The van der Waals surface area contributed by atoms with Crippen LogP contribution in [0.3, 0.4) is 0 Å². The number of nitrogens with one attached hydrogen (secondary N) is 1. The summed E-state index contributed by atoms with van der Waals surface area (Å²) in [6, 6.07) is 8.65. The molecular weight excluding hydrogens is 250 g/mol. The summed E-state index contributed by atoms with van der Waals surface area (Å²) in [7, 11) is 1.69. The van der Waals surface area contributed by atoms with Crippen LogP contribution in [0, 0.1) is 0 Å². The van der Waals surface area contributed by atoms with Crippen molar-refractivity contribution in [1.82, 2.24) is 5.32 Å². The molecule has 2 rings (SSSR count). The molecule has 1 heterocycles. The lowest BCUT2D eigenvalue weighted by Gasteiger charge is -2.27. The molecule has 1 aliphatic rings. The summed E-state index contributed by atoms with van der Waals surface area (Å²) in [6.07, 6.45) is 1.13. The molecule has 0 aromatic heterocycles. The standard InChI is InChI=1S/C14H20ClNO2/c1-17-10-12(8-15)16-9-14-13-5-3-2-4-11(13)6-7-18-14/h2-5,12,14,16H,6-10H2,1H3. The van der Waals surface area contributed by atoms with Gasteiger partial charge in [0.15, 0.2) is 0 Å². The van der Waals surface area contributed by atoms with E-state index < -0.39 is 0 Å². The second-order valence-corrected chi connectivity index (χ2v) is 4.83. The minimum absolute atomic E-state index is 0.123. The Morgan fingerprint density at radius 2 is 2.33 bits per heavy atom. The minimum Gasteiger partial charge on any atom is -0.383 e. The SMILES string of the molecule is COCC(CCl)NCC1OCCc2ccccc21. The third-order valence-electron chi connectivity index (χ3n) is 3.24. The van der Waals surface area contributed by atoms with Gasteiger partial charge < -0.3 is 14.8 Å². The smallest absolute Gasteiger partial charge is 0.0952 e. The lowest BCUT2D eigenvalue weighted by Crippen LogP contribution is -2.39. The molecule has 1 aliphatic heterocycles. The van der Waals surface area contributed by atoms with Crippen LogP contribution in [-0.4, -0.2) is 38.8 Å². The highest BCUT2D eigenvalue weighted by Crippen LogP contribution is 2.26. The van der Waals surface area contributed by atoms with Crippen LogP contribution in [-0.2, 0) is 15.9 Å². The van der Waals surface area contributed by atoms with Gasteiger partial charge in [0.2, 0.25) is 0 Å². The van der Waals surface area contributed by atoms with Gasteiger partial charge in [0, 0.05) is 25.6 Å². The van der Waals surface area contributed by atoms with E-state index in [2.05, 4.69) is 29.6 Å². The number of fused-ring (bicyclic) bond motifs is 1. The maximum Gasteiger partial charge on any atom is 0.0952 e. The van der Waals surface area contributed by atoms with Gasteiger partial charge in [-0.3, -0.25) is 0 Å². The maximum atomic E-state index is 5.88. The average molecular weight is 270 g/mol. The number of alkyl halides is 1. The van der Waals surface area contributed by atoms with E-state index in [9.17, 15) is 0 Å². The highest BCUT2D eigenvalue weighted by molar-refractivity contribution is 6.18. The van der Waals surface area contributed by atoms with E-state index in [0.717, 1.165) is 19.6 Å². The number of benzene rings is 1. The van der Waals surface area contributed by atoms with Gasteiger partial charge in [-0.2, -0.15) is 0 Å². The second kappa shape index (κ2) is 7.10. The third kappa shape index (κ3) is 3.45. The Hall–Kier alpha value is -0.610. The highest BCUT2D eigenvalue weighted by Gasteiger charge is 2.21. The molecular formula is C14H20ClNO2. The molecule has 4 heteroatoms. The Balaban J connectivity index is 1.94. The van der Waals surface area contributed by atoms with Gasteiger partial charge in [0.25, 0.3) is 0 Å². The van der Waals surface area contributed by atoms with Gasteiger partial charge in [0.05, 0.1) is 19.3 Å². The van der Waals surface area contributed by atoms with Crippen molar-refractivity contribution >= 4 is 11.6 Å². The van der Waals surface area contributed by atoms with E-state index in [1.54, 1.807) is 7.11 Å². The van der Waals surface area contributed by atoms with Crippen molar-refractivity contribution in [2.75, 3.05) is 32.7 Å².